The molecular weight excluding hydrogens is 599 g/mol. The average molecular weight is 622 g/mol. The highest BCUT2D eigenvalue weighted by atomic mass is 35.5. The standard InChI is InChI=1S/C30H23Cl2F2N7O2/c31-16-4-6-18-20(10-16)26(24-22(33)2-1-3-23(24)34)37-12-15-13-38-29(40-25(15)18)39-17-5-7-19(21(32)11-17)27(42)41-9-8-30(36,14-41)28(35)43/h1-7,10-11,13H,8-9,12,14,36H2,(H2,35,43)(H,38,39,40). The number of hydrogen-bond acceptors (Lipinski definition) is 7. The van der Waals surface area contributed by atoms with Crippen molar-refractivity contribution in [3.8, 4) is 11.3 Å². The Morgan fingerprint density at radius 3 is 2.49 bits per heavy atom. The summed E-state index contributed by atoms with van der Waals surface area (Å²) in [6.45, 7) is 0.353. The normalized spacial score (nSPS) is 17.5. The van der Waals surface area contributed by atoms with Gasteiger partial charge in [-0.25, -0.2) is 18.7 Å². The number of rotatable bonds is 5. The van der Waals surface area contributed by atoms with E-state index in [1.54, 1.807) is 42.6 Å². The largest absolute Gasteiger partial charge is 0.368 e. The Morgan fingerprint density at radius 1 is 1.02 bits per heavy atom. The summed E-state index contributed by atoms with van der Waals surface area (Å²) in [4.78, 5) is 39.8. The van der Waals surface area contributed by atoms with Crippen LogP contribution in [0.15, 0.2) is 65.8 Å². The Labute approximate surface area is 254 Å². The molecular formula is C30H23Cl2F2N7O2. The third-order valence-corrected chi connectivity index (χ3v) is 8.05. The molecule has 218 valence electrons. The third kappa shape index (κ3) is 5.31. The van der Waals surface area contributed by atoms with Gasteiger partial charge in [0.1, 0.15) is 17.2 Å². The molecule has 1 fully saturated rings. The predicted molar refractivity (Wildman–Crippen MR) is 160 cm³/mol. The molecule has 2 aliphatic rings. The van der Waals surface area contributed by atoms with E-state index >= 15 is 0 Å². The number of fused-ring (bicyclic) bond motifs is 3. The van der Waals surface area contributed by atoms with Crippen LogP contribution in [0.5, 0.6) is 0 Å². The van der Waals surface area contributed by atoms with Gasteiger partial charge in [0.25, 0.3) is 5.91 Å². The van der Waals surface area contributed by atoms with E-state index in [1.807, 2.05) is 0 Å². The van der Waals surface area contributed by atoms with Crippen LogP contribution >= 0.6 is 23.2 Å². The number of aromatic nitrogens is 2. The van der Waals surface area contributed by atoms with Crippen molar-refractivity contribution < 1.29 is 18.4 Å². The molecule has 0 aliphatic carbocycles. The topological polar surface area (TPSA) is 140 Å². The van der Waals surface area contributed by atoms with E-state index in [0.29, 0.717) is 33.1 Å². The Hall–Kier alpha value is -4.45. The fourth-order valence-corrected chi connectivity index (χ4v) is 5.63. The maximum absolute atomic E-state index is 14.8. The van der Waals surface area contributed by atoms with E-state index in [1.165, 1.54) is 23.1 Å². The number of likely N-dealkylation sites (tertiary alicyclic amines) is 1. The van der Waals surface area contributed by atoms with Crippen LogP contribution in [-0.2, 0) is 11.3 Å². The molecule has 0 spiro atoms. The number of hydrogen-bond donors (Lipinski definition) is 3. The molecule has 0 saturated carbocycles. The van der Waals surface area contributed by atoms with Gasteiger partial charge < -0.3 is 21.7 Å². The average Bonchev–Trinajstić information content (AvgIpc) is 3.31. The monoisotopic (exact) mass is 621 g/mol. The van der Waals surface area contributed by atoms with Gasteiger partial charge in [-0.15, -0.1) is 0 Å². The molecule has 1 saturated heterocycles. The minimum atomic E-state index is -1.27. The molecule has 5 N–H and O–H groups in total. The Morgan fingerprint density at radius 2 is 1.79 bits per heavy atom. The second-order valence-corrected chi connectivity index (χ2v) is 11.2. The van der Waals surface area contributed by atoms with Crippen molar-refractivity contribution in [3.05, 3.63) is 105 Å². The molecule has 13 heteroatoms. The van der Waals surface area contributed by atoms with Crippen molar-refractivity contribution in [3.63, 3.8) is 0 Å². The molecule has 4 aromatic rings. The number of primary amides is 1. The number of aliphatic imine (C=N–C) groups is 1. The van der Waals surface area contributed by atoms with Gasteiger partial charge in [0, 0.05) is 46.7 Å². The summed E-state index contributed by atoms with van der Waals surface area (Å²) in [5.41, 5.74) is 12.9. The fourth-order valence-electron chi connectivity index (χ4n) is 5.20. The lowest BCUT2D eigenvalue weighted by molar-refractivity contribution is -0.122. The molecule has 1 aromatic heterocycles. The molecule has 1 unspecified atom stereocenters. The number of anilines is 2. The van der Waals surface area contributed by atoms with Crippen LogP contribution in [0.1, 0.15) is 33.5 Å². The first-order valence-electron chi connectivity index (χ1n) is 13.1. The first-order chi connectivity index (χ1) is 20.5. The van der Waals surface area contributed by atoms with Gasteiger partial charge in [-0.3, -0.25) is 14.6 Å². The Balaban J connectivity index is 1.29. The molecule has 2 amide bonds. The second-order valence-electron chi connectivity index (χ2n) is 10.3. The van der Waals surface area contributed by atoms with Crippen molar-refractivity contribution in [1.82, 2.24) is 14.9 Å². The van der Waals surface area contributed by atoms with Crippen LogP contribution in [-0.4, -0.2) is 51.0 Å². The van der Waals surface area contributed by atoms with Crippen molar-refractivity contribution in [2.75, 3.05) is 18.4 Å². The van der Waals surface area contributed by atoms with Gasteiger partial charge in [-0.05, 0) is 48.9 Å². The first-order valence-corrected chi connectivity index (χ1v) is 13.9. The summed E-state index contributed by atoms with van der Waals surface area (Å²) < 4.78 is 29.6. The molecule has 1 atom stereocenters. The molecule has 9 nitrogen and oxygen atoms in total. The summed E-state index contributed by atoms with van der Waals surface area (Å²) in [6.07, 6.45) is 1.84. The number of nitrogens with two attached hydrogens (primary N) is 2. The van der Waals surface area contributed by atoms with Gasteiger partial charge in [0.05, 0.1) is 34.1 Å². The van der Waals surface area contributed by atoms with E-state index in [4.69, 9.17) is 39.7 Å². The minimum Gasteiger partial charge on any atom is -0.368 e. The number of halogens is 4. The van der Waals surface area contributed by atoms with E-state index in [2.05, 4.69) is 15.3 Å². The molecule has 0 radical (unpaired) electrons. The smallest absolute Gasteiger partial charge is 0.255 e. The van der Waals surface area contributed by atoms with E-state index < -0.39 is 23.1 Å². The summed E-state index contributed by atoms with van der Waals surface area (Å²) in [6, 6.07) is 13.4. The van der Waals surface area contributed by atoms with Crippen LogP contribution in [0.4, 0.5) is 20.4 Å². The van der Waals surface area contributed by atoms with Crippen molar-refractivity contribution >= 4 is 52.4 Å². The number of nitrogens with zero attached hydrogens (tertiary/aromatic N) is 4. The maximum atomic E-state index is 14.8. The zero-order valence-corrected chi connectivity index (χ0v) is 23.9. The summed E-state index contributed by atoms with van der Waals surface area (Å²) in [5, 5.41) is 3.62. The SMILES string of the molecule is NC(=O)C1(N)CCN(C(=O)c2ccc(Nc3ncc4c(n3)-c3ccc(Cl)cc3C(c3c(F)cccc3F)=NC4)cc2Cl)C1. The van der Waals surface area contributed by atoms with Crippen molar-refractivity contribution in [1.29, 1.82) is 0 Å². The number of amides is 2. The van der Waals surface area contributed by atoms with Crippen LogP contribution < -0.4 is 16.8 Å². The first kappa shape index (κ1) is 28.7. The van der Waals surface area contributed by atoms with E-state index in [9.17, 15) is 18.4 Å². The van der Waals surface area contributed by atoms with Gasteiger partial charge >= 0.3 is 0 Å². The Kier molecular flexibility index (Phi) is 7.33. The van der Waals surface area contributed by atoms with Gasteiger partial charge in [0.2, 0.25) is 11.9 Å². The molecule has 3 aromatic carbocycles. The molecule has 6 rings (SSSR count). The van der Waals surface area contributed by atoms with Crippen LogP contribution in [0.3, 0.4) is 0 Å². The summed E-state index contributed by atoms with van der Waals surface area (Å²) >= 11 is 12.8. The molecule has 2 aliphatic heterocycles. The molecule has 43 heavy (non-hydrogen) atoms. The maximum Gasteiger partial charge on any atom is 0.255 e. The quantitative estimate of drug-likeness (QED) is 0.291. The highest BCUT2D eigenvalue weighted by Crippen LogP contribution is 2.35. The second kappa shape index (κ2) is 11.0. The van der Waals surface area contributed by atoms with Gasteiger partial charge in [0.15, 0.2) is 0 Å². The lowest BCUT2D eigenvalue weighted by Crippen LogP contribution is -2.54. The zero-order valence-electron chi connectivity index (χ0n) is 22.4. The highest BCUT2D eigenvalue weighted by molar-refractivity contribution is 6.34. The summed E-state index contributed by atoms with van der Waals surface area (Å²) in [7, 11) is 0. The number of nitrogens with one attached hydrogen (secondary N) is 1. The minimum absolute atomic E-state index is 0.00212. The predicted octanol–water partition coefficient (Wildman–Crippen LogP) is 4.85. The zero-order chi connectivity index (χ0) is 30.5. The van der Waals surface area contributed by atoms with Crippen LogP contribution in [0, 0.1) is 11.6 Å². The number of carbonyl (C=O) groups excluding carboxylic acids is 2. The lowest BCUT2D eigenvalue weighted by Gasteiger charge is -2.21. The highest BCUT2D eigenvalue weighted by Gasteiger charge is 2.41. The lowest BCUT2D eigenvalue weighted by atomic mass is 9.95. The fraction of sp³-hybridized carbons (Fsp3) is 0.167. The van der Waals surface area contributed by atoms with Crippen LogP contribution in [0.25, 0.3) is 11.3 Å². The van der Waals surface area contributed by atoms with Gasteiger partial charge in [-0.1, -0.05) is 35.3 Å². The number of carbonyl (C=O) groups is 2. The molecule has 0 bridgehead atoms. The summed E-state index contributed by atoms with van der Waals surface area (Å²) in [5.74, 6) is -2.32. The third-order valence-electron chi connectivity index (χ3n) is 7.50. The molecule has 3 heterocycles. The van der Waals surface area contributed by atoms with Gasteiger partial charge in [-0.2, -0.15) is 0 Å². The Bertz CT molecular complexity index is 1830. The van der Waals surface area contributed by atoms with Crippen molar-refractivity contribution in [2.45, 2.75) is 18.5 Å². The van der Waals surface area contributed by atoms with E-state index in [-0.39, 0.29) is 59.8 Å². The van der Waals surface area contributed by atoms with Crippen LogP contribution in [0.2, 0.25) is 10.0 Å². The number of benzene rings is 3. The van der Waals surface area contributed by atoms with E-state index in [0.717, 1.165) is 0 Å². The van der Waals surface area contributed by atoms with Crippen molar-refractivity contribution in [2.24, 2.45) is 16.5 Å².